The Balaban J connectivity index is 2.15. The van der Waals surface area contributed by atoms with Crippen LogP contribution in [-0.4, -0.2) is 64.1 Å². The Morgan fingerprint density at radius 1 is 1.35 bits per heavy atom. The molecular weight excluding hydrogens is 367 g/mol. The lowest BCUT2D eigenvalue weighted by Gasteiger charge is -2.26. The van der Waals surface area contributed by atoms with Crippen LogP contribution in [0.1, 0.15) is 10.4 Å². The highest BCUT2D eigenvalue weighted by atomic mass is 32.2. The Hall–Kier alpha value is -2.48. The zero-order valence-corrected chi connectivity index (χ0v) is 14.6. The molecule has 1 N–H and O–H groups in total. The summed E-state index contributed by atoms with van der Waals surface area (Å²) in [5.41, 5.74) is -0.580. The summed E-state index contributed by atoms with van der Waals surface area (Å²) in [4.78, 5) is 23.1. The average Bonchev–Trinajstić information content (AvgIpc) is 2.65. The summed E-state index contributed by atoms with van der Waals surface area (Å²) < 4.78 is 50.0. The van der Waals surface area contributed by atoms with Crippen molar-refractivity contribution in [1.82, 2.24) is 9.62 Å². The predicted molar refractivity (Wildman–Crippen MR) is 88.1 cm³/mol. The highest BCUT2D eigenvalue weighted by Crippen LogP contribution is 2.20. The van der Waals surface area contributed by atoms with Crippen LogP contribution in [0.3, 0.4) is 0 Å². The summed E-state index contributed by atoms with van der Waals surface area (Å²) in [6.07, 6.45) is 4.97. The molecule has 10 heteroatoms. The molecule has 0 aromatic heterocycles. The molecule has 2 rings (SSSR count). The molecule has 140 valence electrons. The number of hydrogen-bond acceptors (Lipinski definition) is 6. The van der Waals surface area contributed by atoms with Gasteiger partial charge in [0.15, 0.2) is 6.61 Å². The van der Waals surface area contributed by atoms with Gasteiger partial charge in [-0.3, -0.25) is 4.79 Å². The quantitative estimate of drug-likeness (QED) is 0.536. The number of sulfonamides is 1. The molecule has 1 saturated heterocycles. The van der Waals surface area contributed by atoms with Crippen molar-refractivity contribution in [2.75, 3.05) is 39.5 Å². The Morgan fingerprint density at radius 3 is 2.69 bits per heavy atom. The van der Waals surface area contributed by atoms with Gasteiger partial charge in [-0.25, -0.2) is 17.6 Å². The molecule has 26 heavy (non-hydrogen) atoms. The summed E-state index contributed by atoms with van der Waals surface area (Å²) in [5, 5.41) is 2.27. The number of halogens is 1. The molecule has 0 atom stereocenters. The molecular formula is C16H17FN2O6S. The van der Waals surface area contributed by atoms with Gasteiger partial charge in [-0.15, -0.1) is 6.42 Å². The van der Waals surface area contributed by atoms with Crippen molar-refractivity contribution in [1.29, 1.82) is 0 Å². The van der Waals surface area contributed by atoms with Crippen molar-refractivity contribution in [2.45, 2.75) is 4.90 Å². The van der Waals surface area contributed by atoms with E-state index in [2.05, 4.69) is 11.2 Å². The number of ether oxygens (including phenoxy) is 2. The molecule has 1 fully saturated rings. The number of rotatable bonds is 6. The largest absolute Gasteiger partial charge is 0.452 e. The molecule has 1 aliphatic heterocycles. The van der Waals surface area contributed by atoms with Gasteiger partial charge in [0, 0.05) is 13.1 Å². The Bertz CT molecular complexity index is 828. The van der Waals surface area contributed by atoms with E-state index in [1.165, 1.54) is 4.31 Å². The lowest BCUT2D eigenvalue weighted by molar-refractivity contribution is -0.123. The van der Waals surface area contributed by atoms with Crippen LogP contribution in [0.25, 0.3) is 0 Å². The maximum absolute atomic E-state index is 13.9. The molecule has 0 bridgehead atoms. The summed E-state index contributed by atoms with van der Waals surface area (Å²) in [5.74, 6) is -0.602. The van der Waals surface area contributed by atoms with E-state index in [0.29, 0.717) is 0 Å². The van der Waals surface area contributed by atoms with E-state index in [1.807, 2.05) is 0 Å². The topological polar surface area (TPSA) is 102 Å². The zero-order valence-electron chi connectivity index (χ0n) is 13.7. The summed E-state index contributed by atoms with van der Waals surface area (Å²) in [7, 11) is -3.90. The van der Waals surface area contributed by atoms with E-state index >= 15 is 0 Å². The van der Waals surface area contributed by atoms with E-state index in [1.54, 1.807) is 0 Å². The van der Waals surface area contributed by atoms with Crippen LogP contribution in [-0.2, 0) is 24.3 Å². The minimum atomic E-state index is -3.90. The fourth-order valence-electron chi connectivity index (χ4n) is 2.17. The van der Waals surface area contributed by atoms with Crippen LogP contribution in [0.4, 0.5) is 4.39 Å². The van der Waals surface area contributed by atoms with Crippen LogP contribution in [0.15, 0.2) is 23.1 Å². The number of esters is 1. The number of benzene rings is 1. The third-order valence-corrected chi connectivity index (χ3v) is 5.38. The molecule has 1 heterocycles. The molecule has 1 aliphatic rings. The Labute approximate surface area is 150 Å². The van der Waals surface area contributed by atoms with Crippen molar-refractivity contribution in [3.63, 3.8) is 0 Å². The van der Waals surface area contributed by atoms with Gasteiger partial charge < -0.3 is 14.8 Å². The van der Waals surface area contributed by atoms with Crippen molar-refractivity contribution in [3.8, 4) is 12.3 Å². The van der Waals surface area contributed by atoms with Gasteiger partial charge in [0.2, 0.25) is 10.0 Å². The maximum atomic E-state index is 13.9. The maximum Gasteiger partial charge on any atom is 0.341 e. The number of carbonyl (C=O) groups excluding carboxylic acids is 2. The number of nitrogens with zero attached hydrogens (tertiary/aromatic N) is 1. The molecule has 0 unspecified atom stereocenters. The van der Waals surface area contributed by atoms with Crippen LogP contribution in [0, 0.1) is 18.2 Å². The number of carbonyl (C=O) groups is 2. The first kappa shape index (κ1) is 19.8. The summed E-state index contributed by atoms with van der Waals surface area (Å²) in [6, 6.07) is 2.82. The number of morpholine rings is 1. The third-order valence-electron chi connectivity index (χ3n) is 3.49. The van der Waals surface area contributed by atoms with E-state index in [9.17, 15) is 22.4 Å². The third kappa shape index (κ3) is 4.78. The molecule has 8 nitrogen and oxygen atoms in total. The SMILES string of the molecule is C#CCNC(=O)COC(=O)c1cc(S(=O)(=O)N2CCOCC2)ccc1F. The van der Waals surface area contributed by atoms with Crippen LogP contribution in [0.5, 0.6) is 0 Å². The number of nitrogens with one attached hydrogen (secondary N) is 1. The van der Waals surface area contributed by atoms with E-state index in [0.717, 1.165) is 18.2 Å². The zero-order chi connectivity index (χ0) is 19.2. The van der Waals surface area contributed by atoms with Crippen molar-refractivity contribution in [3.05, 3.63) is 29.6 Å². The van der Waals surface area contributed by atoms with Gasteiger partial charge in [0.05, 0.1) is 30.2 Å². The fraction of sp³-hybridized carbons (Fsp3) is 0.375. The van der Waals surface area contributed by atoms with Gasteiger partial charge in [0.25, 0.3) is 5.91 Å². The fourth-order valence-corrected chi connectivity index (χ4v) is 3.60. The van der Waals surface area contributed by atoms with Gasteiger partial charge in [-0.1, -0.05) is 5.92 Å². The first-order chi connectivity index (χ1) is 12.4. The van der Waals surface area contributed by atoms with E-state index < -0.39 is 39.9 Å². The lowest BCUT2D eigenvalue weighted by atomic mass is 10.2. The predicted octanol–water partition coefficient (Wildman–Crippen LogP) is -0.247. The molecule has 0 aliphatic carbocycles. The van der Waals surface area contributed by atoms with Crippen LogP contribution in [0.2, 0.25) is 0 Å². The second-order valence-corrected chi connectivity index (χ2v) is 7.15. The van der Waals surface area contributed by atoms with Crippen molar-refractivity contribution in [2.24, 2.45) is 0 Å². The minimum Gasteiger partial charge on any atom is -0.452 e. The van der Waals surface area contributed by atoms with Crippen LogP contribution < -0.4 is 5.32 Å². The van der Waals surface area contributed by atoms with Crippen molar-refractivity contribution < 1.29 is 31.9 Å². The monoisotopic (exact) mass is 384 g/mol. The molecule has 0 radical (unpaired) electrons. The first-order valence-electron chi connectivity index (χ1n) is 7.61. The van der Waals surface area contributed by atoms with E-state index in [-0.39, 0.29) is 37.7 Å². The van der Waals surface area contributed by atoms with Crippen LogP contribution >= 0.6 is 0 Å². The average molecular weight is 384 g/mol. The van der Waals surface area contributed by atoms with Gasteiger partial charge in [-0.05, 0) is 18.2 Å². The first-order valence-corrected chi connectivity index (χ1v) is 9.05. The Kier molecular flexibility index (Phi) is 6.68. The van der Waals surface area contributed by atoms with Crippen molar-refractivity contribution >= 4 is 21.9 Å². The highest BCUT2D eigenvalue weighted by Gasteiger charge is 2.28. The molecule has 1 aromatic carbocycles. The number of amides is 1. The second kappa shape index (κ2) is 8.75. The normalized spacial score (nSPS) is 15.1. The highest BCUT2D eigenvalue weighted by molar-refractivity contribution is 7.89. The van der Waals surface area contributed by atoms with Gasteiger partial charge in [0.1, 0.15) is 5.82 Å². The second-order valence-electron chi connectivity index (χ2n) is 5.22. The number of terminal acetylenes is 1. The van der Waals surface area contributed by atoms with Gasteiger partial charge in [-0.2, -0.15) is 4.31 Å². The molecule has 1 aromatic rings. The van der Waals surface area contributed by atoms with Gasteiger partial charge >= 0.3 is 5.97 Å². The molecule has 0 spiro atoms. The summed E-state index contributed by atoms with van der Waals surface area (Å²) in [6.45, 7) is 0.117. The molecule has 0 saturated carbocycles. The lowest BCUT2D eigenvalue weighted by Crippen LogP contribution is -2.40. The minimum absolute atomic E-state index is 0.0436. The standard InChI is InChI=1S/C16H17FN2O6S/c1-2-5-18-15(20)11-25-16(21)13-10-12(3-4-14(13)17)26(22,23)19-6-8-24-9-7-19/h1,3-4,10H,5-9,11H2,(H,18,20). The van der Waals surface area contributed by atoms with E-state index in [4.69, 9.17) is 15.9 Å². The Morgan fingerprint density at radius 2 is 2.04 bits per heavy atom. The summed E-state index contributed by atoms with van der Waals surface area (Å²) >= 11 is 0. The number of hydrogen-bond donors (Lipinski definition) is 1. The molecule has 1 amide bonds. The smallest absolute Gasteiger partial charge is 0.341 e.